The highest BCUT2D eigenvalue weighted by Gasteiger charge is 2.16. The molecule has 0 aliphatic rings. The topological polar surface area (TPSA) is 69.3 Å². The minimum atomic E-state index is -3.17. The summed E-state index contributed by atoms with van der Waals surface area (Å²) in [5, 5.41) is 1.21. The van der Waals surface area contributed by atoms with Crippen molar-refractivity contribution in [2.75, 3.05) is 44.2 Å². The molecule has 0 saturated heterocycles. The first-order valence-corrected chi connectivity index (χ1v) is 13.2. The third-order valence-corrected chi connectivity index (χ3v) is 6.36. The van der Waals surface area contributed by atoms with Crippen LogP contribution in [0.25, 0.3) is 40.0 Å². The molecule has 7 heteroatoms. The third-order valence-electron chi connectivity index (χ3n) is 5.73. The SMILES string of the molecule is CN(C)c1ccc(-c2nc(-c3ccc(C=CS(C)(=O)=O)cc3)[nH]c2-c2ccc(N(C)C)cc2)cc1. The van der Waals surface area contributed by atoms with Crippen LogP contribution in [0.2, 0.25) is 0 Å². The average molecular weight is 487 g/mol. The minimum absolute atomic E-state index is 0.752. The number of H-pyrrole nitrogens is 1. The summed E-state index contributed by atoms with van der Waals surface area (Å²) in [6.07, 6.45) is 2.77. The van der Waals surface area contributed by atoms with Gasteiger partial charge < -0.3 is 14.8 Å². The Morgan fingerprint density at radius 2 is 1.20 bits per heavy atom. The Balaban J connectivity index is 1.76. The summed E-state index contributed by atoms with van der Waals surface area (Å²) in [7, 11) is 4.92. The van der Waals surface area contributed by atoms with Crippen molar-refractivity contribution in [3.63, 3.8) is 0 Å². The van der Waals surface area contributed by atoms with Gasteiger partial charge in [-0.1, -0.05) is 48.5 Å². The van der Waals surface area contributed by atoms with E-state index in [1.54, 1.807) is 6.08 Å². The zero-order valence-corrected chi connectivity index (χ0v) is 21.5. The van der Waals surface area contributed by atoms with E-state index in [9.17, 15) is 8.42 Å². The summed E-state index contributed by atoms with van der Waals surface area (Å²) in [6, 6.07) is 24.4. The fourth-order valence-electron chi connectivity index (χ4n) is 3.73. The number of nitrogens with one attached hydrogen (secondary N) is 1. The van der Waals surface area contributed by atoms with E-state index in [0.717, 1.165) is 50.8 Å². The van der Waals surface area contributed by atoms with Crippen LogP contribution in [0.3, 0.4) is 0 Å². The quantitative estimate of drug-likeness (QED) is 0.370. The number of rotatable bonds is 7. The number of imidazole rings is 1. The fourth-order valence-corrected chi connectivity index (χ4v) is 4.13. The minimum Gasteiger partial charge on any atom is -0.378 e. The molecule has 0 aliphatic heterocycles. The smallest absolute Gasteiger partial charge is 0.168 e. The molecule has 1 N–H and O–H groups in total. The molecule has 6 nitrogen and oxygen atoms in total. The van der Waals surface area contributed by atoms with Gasteiger partial charge >= 0.3 is 0 Å². The lowest BCUT2D eigenvalue weighted by atomic mass is 10.0. The van der Waals surface area contributed by atoms with Gasteiger partial charge in [0.1, 0.15) is 5.82 Å². The van der Waals surface area contributed by atoms with Crippen LogP contribution in [0.1, 0.15) is 5.56 Å². The molecule has 4 rings (SSSR count). The Labute approximate surface area is 207 Å². The molecule has 4 aromatic rings. The molecule has 180 valence electrons. The lowest BCUT2D eigenvalue weighted by Crippen LogP contribution is -2.08. The van der Waals surface area contributed by atoms with E-state index in [1.165, 1.54) is 11.7 Å². The van der Waals surface area contributed by atoms with Crippen molar-refractivity contribution >= 4 is 27.3 Å². The number of sulfone groups is 1. The van der Waals surface area contributed by atoms with Gasteiger partial charge in [0.2, 0.25) is 0 Å². The summed E-state index contributed by atoms with van der Waals surface area (Å²) in [5.41, 5.74) is 7.88. The van der Waals surface area contributed by atoms with Crippen LogP contribution in [0.15, 0.2) is 78.2 Å². The second kappa shape index (κ2) is 9.80. The molecule has 0 radical (unpaired) electrons. The molecular formula is C28H30N4O2S. The molecule has 0 unspecified atom stereocenters. The van der Waals surface area contributed by atoms with Crippen molar-refractivity contribution in [1.82, 2.24) is 9.97 Å². The molecule has 35 heavy (non-hydrogen) atoms. The van der Waals surface area contributed by atoms with Crippen LogP contribution >= 0.6 is 0 Å². The fraction of sp³-hybridized carbons (Fsp3) is 0.179. The molecule has 3 aromatic carbocycles. The third kappa shape index (κ3) is 5.81. The van der Waals surface area contributed by atoms with Gasteiger partial charge in [-0.3, -0.25) is 0 Å². The van der Waals surface area contributed by atoms with E-state index in [-0.39, 0.29) is 0 Å². The van der Waals surface area contributed by atoms with Gasteiger partial charge in [-0.2, -0.15) is 0 Å². The number of nitrogens with zero attached hydrogens (tertiary/aromatic N) is 3. The number of hydrogen-bond donors (Lipinski definition) is 1. The second-order valence-corrected chi connectivity index (χ2v) is 10.9. The summed E-state index contributed by atoms with van der Waals surface area (Å²) in [6.45, 7) is 0. The number of benzene rings is 3. The van der Waals surface area contributed by atoms with Gasteiger partial charge in [-0.05, 0) is 35.9 Å². The van der Waals surface area contributed by atoms with E-state index in [1.807, 2.05) is 52.5 Å². The molecule has 0 spiro atoms. The Morgan fingerprint density at radius 3 is 1.69 bits per heavy atom. The first-order chi connectivity index (χ1) is 16.6. The van der Waals surface area contributed by atoms with E-state index in [2.05, 4.69) is 63.3 Å². The summed E-state index contributed by atoms with van der Waals surface area (Å²) in [4.78, 5) is 12.6. The molecular weight excluding hydrogens is 456 g/mol. The van der Waals surface area contributed by atoms with Crippen LogP contribution < -0.4 is 9.80 Å². The van der Waals surface area contributed by atoms with Gasteiger partial charge in [0.25, 0.3) is 0 Å². The molecule has 1 heterocycles. The van der Waals surface area contributed by atoms with Gasteiger partial charge in [-0.15, -0.1) is 0 Å². The van der Waals surface area contributed by atoms with E-state index in [0.29, 0.717) is 0 Å². The maximum atomic E-state index is 11.4. The average Bonchev–Trinajstić information content (AvgIpc) is 3.28. The van der Waals surface area contributed by atoms with Gasteiger partial charge in [0.05, 0.1) is 11.4 Å². The van der Waals surface area contributed by atoms with Crippen LogP contribution in [-0.2, 0) is 9.84 Å². The molecule has 0 bridgehead atoms. The van der Waals surface area contributed by atoms with Gasteiger partial charge in [0.15, 0.2) is 9.84 Å². The Morgan fingerprint density at radius 1 is 0.714 bits per heavy atom. The van der Waals surface area contributed by atoms with Crippen LogP contribution in [0.4, 0.5) is 11.4 Å². The highest BCUT2D eigenvalue weighted by Crippen LogP contribution is 2.34. The molecule has 1 aromatic heterocycles. The Bertz CT molecular complexity index is 1360. The lowest BCUT2D eigenvalue weighted by Gasteiger charge is -2.13. The van der Waals surface area contributed by atoms with Crippen molar-refractivity contribution in [2.24, 2.45) is 0 Å². The van der Waals surface area contributed by atoms with Crippen LogP contribution in [0, 0.1) is 0 Å². The predicted molar refractivity (Wildman–Crippen MR) is 147 cm³/mol. The number of aromatic nitrogens is 2. The summed E-state index contributed by atoms with van der Waals surface area (Å²) in [5.74, 6) is 0.752. The van der Waals surface area contributed by atoms with Crippen molar-refractivity contribution in [2.45, 2.75) is 0 Å². The summed E-state index contributed by atoms with van der Waals surface area (Å²) < 4.78 is 22.8. The van der Waals surface area contributed by atoms with E-state index in [4.69, 9.17) is 4.98 Å². The maximum Gasteiger partial charge on any atom is 0.168 e. The number of anilines is 2. The van der Waals surface area contributed by atoms with Crippen molar-refractivity contribution < 1.29 is 8.42 Å². The van der Waals surface area contributed by atoms with Crippen molar-refractivity contribution in [1.29, 1.82) is 0 Å². The Kier molecular flexibility index (Phi) is 6.80. The first-order valence-electron chi connectivity index (χ1n) is 11.2. The van der Waals surface area contributed by atoms with Crippen LogP contribution in [0.5, 0.6) is 0 Å². The molecule has 0 fully saturated rings. The molecule has 0 atom stereocenters. The van der Waals surface area contributed by atoms with Crippen LogP contribution in [-0.4, -0.2) is 52.8 Å². The first kappa shape index (κ1) is 24.3. The molecule has 0 saturated carbocycles. The van der Waals surface area contributed by atoms with Gasteiger partial charge in [0, 0.05) is 67.9 Å². The molecule has 0 amide bonds. The van der Waals surface area contributed by atoms with E-state index >= 15 is 0 Å². The highest BCUT2D eigenvalue weighted by molar-refractivity contribution is 7.93. The lowest BCUT2D eigenvalue weighted by molar-refractivity contribution is 0.610. The normalized spacial score (nSPS) is 11.7. The van der Waals surface area contributed by atoms with Crippen molar-refractivity contribution in [3.8, 4) is 33.9 Å². The van der Waals surface area contributed by atoms with Crippen molar-refractivity contribution in [3.05, 3.63) is 83.8 Å². The summed E-state index contributed by atoms with van der Waals surface area (Å²) >= 11 is 0. The van der Waals surface area contributed by atoms with E-state index < -0.39 is 9.84 Å². The zero-order chi connectivity index (χ0) is 25.2. The standard InChI is InChI=1S/C28H30N4O2S/c1-31(2)24-14-10-21(11-15-24)26-27(22-12-16-25(17-13-22)32(3)4)30-28(29-26)23-8-6-20(7-9-23)18-19-35(5,33)34/h6-19H,1-5H3,(H,29,30). The monoisotopic (exact) mass is 486 g/mol. The largest absolute Gasteiger partial charge is 0.378 e. The second-order valence-electron chi connectivity index (χ2n) is 8.95. The Hall–Kier alpha value is -3.84. The highest BCUT2D eigenvalue weighted by atomic mass is 32.2. The molecule has 0 aliphatic carbocycles. The maximum absolute atomic E-state index is 11.4. The van der Waals surface area contributed by atoms with Gasteiger partial charge in [-0.25, -0.2) is 13.4 Å². The predicted octanol–water partition coefficient (Wildman–Crippen LogP) is 5.56. The zero-order valence-electron chi connectivity index (χ0n) is 20.6. The number of hydrogen-bond acceptors (Lipinski definition) is 5. The number of aromatic amines is 1.